The van der Waals surface area contributed by atoms with E-state index in [0.29, 0.717) is 27.3 Å². The van der Waals surface area contributed by atoms with E-state index in [1.165, 1.54) is 44.6 Å². The van der Waals surface area contributed by atoms with Crippen LogP contribution in [0.15, 0.2) is 65.1 Å². The lowest BCUT2D eigenvalue weighted by molar-refractivity contribution is -0.0498. The first kappa shape index (κ1) is 25.2. The number of Topliss-reactive ketones (excluding diaryl/α,β-unsaturated/α-hetero) is 1. The van der Waals surface area contributed by atoms with E-state index in [4.69, 9.17) is 18.9 Å². The quantitative estimate of drug-likeness (QED) is 0.376. The molecular weight excluding hydrogens is 544 g/mol. The topological polar surface area (TPSA) is 92.3 Å². The number of benzene rings is 3. The van der Waals surface area contributed by atoms with Gasteiger partial charge in [0, 0.05) is 5.69 Å². The highest BCUT2D eigenvalue weighted by Crippen LogP contribution is 2.40. The third kappa shape index (κ3) is 5.51. The number of amides is 1. The highest BCUT2D eigenvalue weighted by atomic mass is 79.9. The third-order valence-corrected chi connectivity index (χ3v) is 5.92. The van der Waals surface area contributed by atoms with Gasteiger partial charge in [0.25, 0.3) is 0 Å². The Labute approximate surface area is 213 Å². The van der Waals surface area contributed by atoms with Crippen molar-refractivity contribution in [1.29, 1.82) is 0 Å². The number of halogens is 3. The van der Waals surface area contributed by atoms with Crippen molar-refractivity contribution in [2.75, 3.05) is 19.5 Å². The van der Waals surface area contributed by atoms with Gasteiger partial charge < -0.3 is 23.7 Å². The van der Waals surface area contributed by atoms with Crippen molar-refractivity contribution in [2.45, 2.75) is 18.8 Å². The minimum absolute atomic E-state index is 0.0736. The van der Waals surface area contributed by atoms with Crippen LogP contribution in [0.5, 0.6) is 23.0 Å². The number of fused-ring (bicyclic) bond motifs is 1. The number of ether oxygens (including phenoxy) is 5. The number of carbonyl (C=O) groups excluding carboxylic acids is 2. The van der Waals surface area contributed by atoms with Gasteiger partial charge in [-0.25, -0.2) is 4.79 Å². The lowest BCUT2D eigenvalue weighted by Gasteiger charge is -2.32. The molecular formula is C25H20BrF2NO7. The van der Waals surface area contributed by atoms with Crippen molar-refractivity contribution < 1.29 is 42.1 Å². The number of hydrogen-bond acceptors (Lipinski definition) is 7. The molecule has 1 heterocycles. The van der Waals surface area contributed by atoms with E-state index in [1.54, 1.807) is 30.3 Å². The Morgan fingerprint density at radius 1 is 1.00 bits per heavy atom. The predicted molar refractivity (Wildman–Crippen MR) is 128 cm³/mol. The standard InChI is InChI=1S/C25H20BrF2NO7/c1-32-16-8-10-19-17(12-16)21(30)23(22(35-19)13-3-9-20(33-2)18(26)11-13)36-25(31)29-14-4-6-15(7-5-14)34-24(27)28/h3-12,22-24H,1-2H3,(H,29,31)/t22-,23+/m1/s1. The van der Waals surface area contributed by atoms with Crippen molar-refractivity contribution in [3.63, 3.8) is 0 Å². The SMILES string of the molecule is COc1ccc2c(c1)C(=O)[C@H](OC(=O)Nc1ccc(OC(F)F)cc1)[C@@H](c1ccc(OC)c(Br)c1)O2. The Morgan fingerprint density at radius 3 is 2.36 bits per heavy atom. The summed E-state index contributed by atoms with van der Waals surface area (Å²) >= 11 is 3.42. The second-order valence-electron chi connectivity index (χ2n) is 7.51. The molecule has 0 aromatic heterocycles. The summed E-state index contributed by atoms with van der Waals surface area (Å²) in [6, 6.07) is 15.1. The number of ketones is 1. The minimum Gasteiger partial charge on any atom is -0.497 e. The molecule has 1 amide bonds. The molecule has 3 aromatic carbocycles. The van der Waals surface area contributed by atoms with Gasteiger partial charge in [0.2, 0.25) is 11.9 Å². The molecule has 2 atom stereocenters. The van der Waals surface area contributed by atoms with Crippen molar-refractivity contribution in [1.82, 2.24) is 0 Å². The summed E-state index contributed by atoms with van der Waals surface area (Å²) in [6.07, 6.45) is -3.25. The molecule has 11 heteroatoms. The lowest BCUT2D eigenvalue weighted by atomic mass is 9.93. The molecule has 0 unspecified atom stereocenters. The van der Waals surface area contributed by atoms with Crippen LogP contribution >= 0.6 is 15.9 Å². The zero-order valence-electron chi connectivity index (χ0n) is 19.0. The fourth-order valence-corrected chi connectivity index (χ4v) is 4.18. The zero-order chi connectivity index (χ0) is 25.8. The number of methoxy groups -OCH3 is 2. The second kappa shape index (κ2) is 10.8. The summed E-state index contributed by atoms with van der Waals surface area (Å²) in [4.78, 5) is 26.2. The minimum atomic E-state index is -2.97. The lowest BCUT2D eigenvalue weighted by Crippen LogP contribution is -2.40. The van der Waals surface area contributed by atoms with Crippen LogP contribution < -0.4 is 24.3 Å². The first-order chi connectivity index (χ1) is 17.3. The average Bonchev–Trinajstić information content (AvgIpc) is 2.86. The Balaban J connectivity index is 1.60. The molecule has 36 heavy (non-hydrogen) atoms. The number of anilines is 1. The highest BCUT2D eigenvalue weighted by Gasteiger charge is 2.41. The molecule has 3 aromatic rings. The summed E-state index contributed by atoms with van der Waals surface area (Å²) in [6.45, 7) is -2.97. The van der Waals surface area contributed by atoms with Gasteiger partial charge in [-0.3, -0.25) is 10.1 Å². The van der Waals surface area contributed by atoms with Gasteiger partial charge in [0.05, 0.1) is 24.3 Å². The number of hydrogen-bond donors (Lipinski definition) is 1. The predicted octanol–water partition coefficient (Wildman–Crippen LogP) is 6.00. The Bertz CT molecular complexity index is 1270. The summed E-state index contributed by atoms with van der Waals surface area (Å²) in [5.41, 5.74) is 1.00. The molecule has 188 valence electrons. The van der Waals surface area contributed by atoms with Crippen LogP contribution in [0.4, 0.5) is 19.3 Å². The van der Waals surface area contributed by atoms with Crippen molar-refractivity contribution in [3.05, 3.63) is 76.3 Å². The van der Waals surface area contributed by atoms with Crippen LogP contribution in [0.3, 0.4) is 0 Å². The van der Waals surface area contributed by atoms with Crippen LogP contribution in [-0.4, -0.2) is 38.8 Å². The van der Waals surface area contributed by atoms with E-state index in [1.807, 2.05) is 0 Å². The summed E-state index contributed by atoms with van der Waals surface area (Å²) in [5.74, 6) is 0.761. The number of rotatable bonds is 7. The molecule has 4 rings (SSSR count). The molecule has 0 fully saturated rings. The van der Waals surface area contributed by atoms with Crippen molar-refractivity contribution in [3.8, 4) is 23.0 Å². The first-order valence-electron chi connectivity index (χ1n) is 10.5. The maximum Gasteiger partial charge on any atom is 0.412 e. The molecule has 0 spiro atoms. The van der Waals surface area contributed by atoms with Gasteiger partial charge in [-0.05, 0) is 76.1 Å². The van der Waals surface area contributed by atoms with Gasteiger partial charge in [-0.15, -0.1) is 0 Å². The second-order valence-corrected chi connectivity index (χ2v) is 8.37. The highest BCUT2D eigenvalue weighted by molar-refractivity contribution is 9.10. The van der Waals surface area contributed by atoms with E-state index in [0.717, 1.165) is 0 Å². The summed E-state index contributed by atoms with van der Waals surface area (Å²) < 4.78 is 51.7. The van der Waals surface area contributed by atoms with Gasteiger partial charge in [0.1, 0.15) is 23.0 Å². The van der Waals surface area contributed by atoms with Crippen LogP contribution in [0.2, 0.25) is 0 Å². The van der Waals surface area contributed by atoms with Crippen LogP contribution in [0.1, 0.15) is 22.0 Å². The molecule has 1 aliphatic rings. The normalized spacial score (nSPS) is 16.6. The zero-order valence-corrected chi connectivity index (χ0v) is 20.6. The molecule has 8 nitrogen and oxygen atoms in total. The van der Waals surface area contributed by atoms with E-state index >= 15 is 0 Å². The van der Waals surface area contributed by atoms with Crippen LogP contribution in [0.25, 0.3) is 0 Å². The van der Waals surface area contributed by atoms with E-state index in [-0.39, 0.29) is 17.0 Å². The van der Waals surface area contributed by atoms with Gasteiger partial charge in [0.15, 0.2) is 6.10 Å². The largest absolute Gasteiger partial charge is 0.497 e. The summed E-state index contributed by atoms with van der Waals surface area (Å²) in [7, 11) is 2.99. The van der Waals surface area contributed by atoms with E-state index in [9.17, 15) is 18.4 Å². The van der Waals surface area contributed by atoms with Gasteiger partial charge in [-0.2, -0.15) is 8.78 Å². The number of carbonyl (C=O) groups is 2. The maximum absolute atomic E-state index is 13.4. The molecule has 0 bridgehead atoms. The smallest absolute Gasteiger partial charge is 0.412 e. The Hall–Kier alpha value is -3.86. The number of alkyl halides is 2. The molecule has 1 N–H and O–H groups in total. The fraction of sp³-hybridized carbons (Fsp3) is 0.200. The molecule has 1 aliphatic heterocycles. The maximum atomic E-state index is 13.4. The van der Waals surface area contributed by atoms with Gasteiger partial charge in [-0.1, -0.05) is 6.07 Å². The van der Waals surface area contributed by atoms with Gasteiger partial charge >= 0.3 is 12.7 Å². The molecule has 0 saturated carbocycles. The van der Waals surface area contributed by atoms with E-state index < -0.39 is 30.7 Å². The molecule has 0 radical (unpaired) electrons. The number of nitrogens with one attached hydrogen (secondary N) is 1. The van der Waals surface area contributed by atoms with Crippen LogP contribution in [0, 0.1) is 0 Å². The monoisotopic (exact) mass is 563 g/mol. The average molecular weight is 564 g/mol. The first-order valence-corrected chi connectivity index (χ1v) is 11.3. The molecule has 0 aliphatic carbocycles. The Morgan fingerprint density at radius 2 is 1.72 bits per heavy atom. The summed E-state index contributed by atoms with van der Waals surface area (Å²) in [5, 5.41) is 2.47. The molecule has 0 saturated heterocycles. The van der Waals surface area contributed by atoms with E-state index in [2.05, 4.69) is 26.0 Å². The van der Waals surface area contributed by atoms with Crippen molar-refractivity contribution >= 4 is 33.5 Å². The van der Waals surface area contributed by atoms with Crippen molar-refractivity contribution in [2.24, 2.45) is 0 Å². The third-order valence-electron chi connectivity index (χ3n) is 5.30. The Kier molecular flexibility index (Phi) is 7.58. The van der Waals surface area contributed by atoms with Crippen LogP contribution in [-0.2, 0) is 4.74 Å². The fourth-order valence-electron chi connectivity index (χ4n) is 3.62.